The van der Waals surface area contributed by atoms with Gasteiger partial charge in [0.25, 0.3) is 5.56 Å². The van der Waals surface area contributed by atoms with Crippen LogP contribution in [0.1, 0.15) is 0 Å². The monoisotopic (exact) mass is 237 g/mol. The molecule has 4 heteroatoms. The number of hydrogen-bond acceptors (Lipinski definition) is 2. The molecule has 1 N–H and O–H groups in total. The van der Waals surface area contributed by atoms with E-state index in [1.54, 1.807) is 29.1 Å². The average Bonchev–Trinajstić information content (AvgIpc) is 2.94. The van der Waals surface area contributed by atoms with Crippen molar-refractivity contribution in [1.82, 2.24) is 14.8 Å². The Morgan fingerprint density at radius 2 is 1.83 bits per heavy atom. The van der Waals surface area contributed by atoms with Crippen molar-refractivity contribution in [3.63, 3.8) is 0 Å². The van der Waals surface area contributed by atoms with E-state index in [0.29, 0.717) is 0 Å². The summed E-state index contributed by atoms with van der Waals surface area (Å²) in [6.45, 7) is 0. The molecule has 0 saturated heterocycles. The van der Waals surface area contributed by atoms with Crippen LogP contribution in [0.2, 0.25) is 0 Å². The van der Waals surface area contributed by atoms with Gasteiger partial charge in [-0.2, -0.15) is 5.10 Å². The van der Waals surface area contributed by atoms with Crippen LogP contribution in [0.15, 0.2) is 65.8 Å². The first-order valence-electron chi connectivity index (χ1n) is 5.62. The highest BCUT2D eigenvalue weighted by atomic mass is 16.1. The molecular weight excluding hydrogens is 226 g/mol. The molecule has 0 saturated carbocycles. The molecule has 4 nitrogen and oxygen atoms in total. The second kappa shape index (κ2) is 4.33. The molecule has 0 fully saturated rings. The van der Waals surface area contributed by atoms with E-state index in [0.717, 1.165) is 16.8 Å². The van der Waals surface area contributed by atoms with E-state index in [1.165, 1.54) is 0 Å². The molecule has 2 aromatic heterocycles. The number of nitrogens with zero attached hydrogens (tertiary/aromatic N) is 2. The third-order valence-electron chi connectivity index (χ3n) is 2.78. The zero-order valence-electron chi connectivity index (χ0n) is 9.58. The zero-order valence-corrected chi connectivity index (χ0v) is 9.58. The van der Waals surface area contributed by atoms with Gasteiger partial charge in [-0.25, -0.2) is 0 Å². The number of para-hydroxylation sites is 1. The van der Waals surface area contributed by atoms with Gasteiger partial charge in [-0.3, -0.25) is 14.5 Å². The highest BCUT2D eigenvalue weighted by Crippen LogP contribution is 2.16. The van der Waals surface area contributed by atoms with Crippen molar-refractivity contribution in [3.8, 4) is 16.8 Å². The minimum atomic E-state index is -0.0477. The number of aromatic nitrogens is 3. The molecule has 0 aliphatic carbocycles. The van der Waals surface area contributed by atoms with E-state index in [2.05, 4.69) is 10.2 Å². The highest BCUT2D eigenvalue weighted by molar-refractivity contribution is 5.60. The van der Waals surface area contributed by atoms with Crippen molar-refractivity contribution in [3.05, 3.63) is 71.4 Å². The molecule has 0 radical (unpaired) electrons. The number of aromatic amines is 1. The smallest absolute Gasteiger partial charge is 0.255 e. The maximum atomic E-state index is 11.9. The van der Waals surface area contributed by atoms with Crippen LogP contribution in [-0.4, -0.2) is 14.8 Å². The van der Waals surface area contributed by atoms with Crippen molar-refractivity contribution in [1.29, 1.82) is 0 Å². The predicted molar refractivity (Wildman–Crippen MR) is 69.6 cm³/mol. The molecule has 3 rings (SSSR count). The molecule has 2 heterocycles. The van der Waals surface area contributed by atoms with E-state index in [4.69, 9.17) is 0 Å². The summed E-state index contributed by atoms with van der Waals surface area (Å²) in [5.74, 6) is 0. The normalized spacial score (nSPS) is 10.4. The number of rotatable bonds is 2. The molecule has 0 aliphatic rings. The van der Waals surface area contributed by atoms with Gasteiger partial charge in [0.05, 0.1) is 6.20 Å². The second-order valence-corrected chi connectivity index (χ2v) is 3.95. The number of pyridine rings is 1. The van der Waals surface area contributed by atoms with Crippen LogP contribution in [0.4, 0.5) is 0 Å². The molecule has 0 bridgehead atoms. The fraction of sp³-hybridized carbons (Fsp3) is 0. The van der Waals surface area contributed by atoms with Gasteiger partial charge in [-0.05, 0) is 18.2 Å². The van der Waals surface area contributed by atoms with Gasteiger partial charge in [0.15, 0.2) is 0 Å². The molecule has 0 aliphatic heterocycles. The minimum Gasteiger partial charge on any atom is -0.285 e. The van der Waals surface area contributed by atoms with Crippen LogP contribution in [0.3, 0.4) is 0 Å². The summed E-state index contributed by atoms with van der Waals surface area (Å²) in [6, 6.07) is 12.9. The Morgan fingerprint density at radius 1 is 1.00 bits per heavy atom. The number of benzene rings is 1. The van der Waals surface area contributed by atoms with Gasteiger partial charge in [0.2, 0.25) is 0 Å². The molecule has 0 spiro atoms. The van der Waals surface area contributed by atoms with Crippen LogP contribution in [0.5, 0.6) is 0 Å². The first-order chi connectivity index (χ1) is 8.84. The molecule has 0 amide bonds. The zero-order chi connectivity index (χ0) is 12.4. The molecule has 0 unspecified atom stereocenters. The third-order valence-corrected chi connectivity index (χ3v) is 2.78. The molecule has 1 aromatic carbocycles. The van der Waals surface area contributed by atoms with E-state index in [-0.39, 0.29) is 5.56 Å². The standard InChI is InChI=1S/C14H11N3O/c18-14-7-6-11(12-8-15-16-9-12)10-17(14)13-4-2-1-3-5-13/h1-10H,(H,15,16). The molecule has 3 aromatic rings. The van der Waals surface area contributed by atoms with E-state index in [1.807, 2.05) is 36.5 Å². The van der Waals surface area contributed by atoms with Crippen LogP contribution in [0.25, 0.3) is 16.8 Å². The van der Waals surface area contributed by atoms with Crippen molar-refractivity contribution >= 4 is 0 Å². The Morgan fingerprint density at radius 3 is 2.56 bits per heavy atom. The Bertz CT molecular complexity index is 699. The van der Waals surface area contributed by atoms with Gasteiger partial charge < -0.3 is 0 Å². The van der Waals surface area contributed by atoms with Crippen molar-refractivity contribution in [2.24, 2.45) is 0 Å². The van der Waals surface area contributed by atoms with Crippen LogP contribution >= 0.6 is 0 Å². The van der Waals surface area contributed by atoms with Gasteiger partial charge in [-0.15, -0.1) is 0 Å². The fourth-order valence-electron chi connectivity index (χ4n) is 1.86. The Kier molecular flexibility index (Phi) is 2.53. The van der Waals surface area contributed by atoms with E-state index in [9.17, 15) is 4.79 Å². The summed E-state index contributed by atoms with van der Waals surface area (Å²) in [5.41, 5.74) is 2.72. The lowest BCUT2D eigenvalue weighted by Gasteiger charge is -2.06. The third kappa shape index (κ3) is 1.84. The summed E-state index contributed by atoms with van der Waals surface area (Å²) in [7, 11) is 0. The number of hydrogen-bond donors (Lipinski definition) is 1. The summed E-state index contributed by atoms with van der Waals surface area (Å²) < 4.78 is 1.63. The van der Waals surface area contributed by atoms with Crippen LogP contribution in [0, 0.1) is 0 Å². The summed E-state index contributed by atoms with van der Waals surface area (Å²) in [5, 5.41) is 6.68. The quantitative estimate of drug-likeness (QED) is 0.743. The van der Waals surface area contributed by atoms with Crippen LogP contribution in [-0.2, 0) is 0 Å². The average molecular weight is 237 g/mol. The van der Waals surface area contributed by atoms with E-state index >= 15 is 0 Å². The largest absolute Gasteiger partial charge is 0.285 e. The summed E-state index contributed by atoms with van der Waals surface area (Å²) in [4.78, 5) is 11.9. The van der Waals surface area contributed by atoms with Crippen molar-refractivity contribution in [2.75, 3.05) is 0 Å². The first kappa shape index (κ1) is 10.5. The summed E-state index contributed by atoms with van der Waals surface area (Å²) in [6.07, 6.45) is 5.35. The SMILES string of the molecule is O=c1ccc(-c2cn[nH]c2)cn1-c1ccccc1. The molecule has 88 valence electrons. The maximum absolute atomic E-state index is 11.9. The van der Waals surface area contributed by atoms with Gasteiger partial charge >= 0.3 is 0 Å². The first-order valence-corrected chi connectivity index (χ1v) is 5.62. The Balaban J connectivity index is 2.16. The summed E-state index contributed by atoms with van der Waals surface area (Å²) >= 11 is 0. The van der Waals surface area contributed by atoms with Crippen molar-refractivity contribution < 1.29 is 0 Å². The van der Waals surface area contributed by atoms with Gasteiger partial charge in [0.1, 0.15) is 0 Å². The Labute approximate surface area is 104 Å². The van der Waals surface area contributed by atoms with Gasteiger partial charge in [0, 0.05) is 35.3 Å². The second-order valence-electron chi connectivity index (χ2n) is 3.95. The number of nitrogens with one attached hydrogen (secondary N) is 1. The fourth-order valence-corrected chi connectivity index (χ4v) is 1.86. The maximum Gasteiger partial charge on any atom is 0.255 e. The van der Waals surface area contributed by atoms with Crippen LogP contribution < -0.4 is 5.56 Å². The topological polar surface area (TPSA) is 50.7 Å². The van der Waals surface area contributed by atoms with Crippen molar-refractivity contribution in [2.45, 2.75) is 0 Å². The lowest BCUT2D eigenvalue weighted by atomic mass is 10.1. The van der Waals surface area contributed by atoms with Gasteiger partial charge in [-0.1, -0.05) is 18.2 Å². The molecule has 18 heavy (non-hydrogen) atoms. The Hall–Kier alpha value is -2.62. The molecule has 0 atom stereocenters. The lowest BCUT2D eigenvalue weighted by Crippen LogP contribution is -2.16. The number of H-pyrrole nitrogens is 1. The van der Waals surface area contributed by atoms with E-state index < -0.39 is 0 Å². The lowest BCUT2D eigenvalue weighted by molar-refractivity contribution is 0.993. The minimum absolute atomic E-state index is 0.0477. The molecular formula is C14H11N3O. The highest BCUT2D eigenvalue weighted by Gasteiger charge is 2.03. The predicted octanol–water partition coefficient (Wildman–Crippen LogP) is 2.23.